The van der Waals surface area contributed by atoms with E-state index in [9.17, 15) is 18.0 Å². The van der Waals surface area contributed by atoms with Crippen LogP contribution in [0.4, 0.5) is 13.2 Å². The number of halogens is 4. The summed E-state index contributed by atoms with van der Waals surface area (Å²) in [6, 6.07) is 20.4. The maximum absolute atomic E-state index is 12.7. The van der Waals surface area contributed by atoms with Crippen molar-refractivity contribution in [2.75, 3.05) is 13.1 Å². The molecule has 8 heteroatoms. The summed E-state index contributed by atoms with van der Waals surface area (Å²) in [5.74, 6) is 0.0974. The standard InChI is InChI=1S/C27H27F3N2O2.ClH/c28-27(29,30)22-7-9-23(10-8-22)34-18-20-6-11-24(26(31)33)25(16-20)21-12-14-32(15-13-21)17-19-4-2-1-3-5-19;/h1-11,16,21H,12-15,17-18H2,(H2,31,33);1H. The number of nitrogens with zero attached hydrogens (tertiary/aromatic N) is 1. The molecule has 0 unspecified atom stereocenters. The SMILES string of the molecule is Cl.NC(=O)c1ccc(COc2ccc(C(F)(F)F)cc2)cc1C1CCN(Cc2ccccc2)CC1. The second-order valence-electron chi connectivity index (χ2n) is 8.63. The topological polar surface area (TPSA) is 55.6 Å². The van der Waals surface area contributed by atoms with E-state index in [1.54, 1.807) is 12.1 Å². The number of primary amides is 1. The molecule has 0 radical (unpaired) electrons. The average Bonchev–Trinajstić information content (AvgIpc) is 2.83. The molecule has 4 nitrogen and oxygen atoms in total. The van der Waals surface area contributed by atoms with Crippen LogP contribution in [0.3, 0.4) is 0 Å². The average molecular weight is 505 g/mol. The molecule has 0 aromatic heterocycles. The number of hydrogen-bond donors (Lipinski definition) is 1. The van der Waals surface area contributed by atoms with Crippen LogP contribution >= 0.6 is 12.4 Å². The minimum absolute atomic E-state index is 0. The molecule has 35 heavy (non-hydrogen) atoms. The third-order valence-electron chi connectivity index (χ3n) is 6.24. The number of carbonyl (C=O) groups excluding carboxylic acids is 1. The normalized spacial score (nSPS) is 14.8. The second-order valence-corrected chi connectivity index (χ2v) is 8.63. The Balaban J connectivity index is 0.00000342. The number of alkyl halides is 3. The van der Waals surface area contributed by atoms with Gasteiger partial charge in [0, 0.05) is 12.1 Å². The van der Waals surface area contributed by atoms with Crippen LogP contribution in [0.2, 0.25) is 0 Å². The van der Waals surface area contributed by atoms with Gasteiger partial charge in [0.25, 0.3) is 0 Å². The Hall–Kier alpha value is -3.03. The fourth-order valence-corrected chi connectivity index (χ4v) is 4.41. The number of rotatable bonds is 7. The highest BCUT2D eigenvalue weighted by molar-refractivity contribution is 5.94. The number of ether oxygens (including phenoxy) is 1. The van der Waals surface area contributed by atoms with E-state index in [0.29, 0.717) is 11.3 Å². The fourth-order valence-electron chi connectivity index (χ4n) is 4.41. The third kappa shape index (κ3) is 6.99. The van der Waals surface area contributed by atoms with Gasteiger partial charge in [0.2, 0.25) is 5.91 Å². The van der Waals surface area contributed by atoms with Gasteiger partial charge in [-0.1, -0.05) is 42.5 Å². The Morgan fingerprint density at radius 2 is 1.60 bits per heavy atom. The van der Waals surface area contributed by atoms with E-state index in [4.69, 9.17) is 10.5 Å². The highest BCUT2D eigenvalue weighted by Gasteiger charge is 2.30. The van der Waals surface area contributed by atoms with Gasteiger partial charge in [0.05, 0.1) is 5.56 Å². The van der Waals surface area contributed by atoms with Crippen LogP contribution in [0.1, 0.15) is 51.4 Å². The lowest BCUT2D eigenvalue weighted by atomic mass is 9.85. The molecule has 0 saturated carbocycles. The summed E-state index contributed by atoms with van der Waals surface area (Å²) in [5, 5.41) is 0. The monoisotopic (exact) mass is 504 g/mol. The molecule has 0 atom stereocenters. The number of carbonyl (C=O) groups is 1. The van der Waals surface area contributed by atoms with E-state index in [1.807, 2.05) is 24.3 Å². The Morgan fingerprint density at radius 3 is 2.20 bits per heavy atom. The molecule has 0 bridgehead atoms. The smallest absolute Gasteiger partial charge is 0.416 e. The molecule has 1 saturated heterocycles. The predicted octanol–water partition coefficient (Wildman–Crippen LogP) is 6.18. The summed E-state index contributed by atoms with van der Waals surface area (Å²) in [5.41, 5.74) is 8.48. The molecule has 1 aliphatic rings. The van der Waals surface area contributed by atoms with Crippen molar-refractivity contribution in [1.82, 2.24) is 4.90 Å². The first kappa shape index (κ1) is 26.6. The van der Waals surface area contributed by atoms with Gasteiger partial charge in [-0.05, 0) is 78.9 Å². The Bertz CT molecular complexity index is 1110. The third-order valence-corrected chi connectivity index (χ3v) is 6.24. The fraction of sp³-hybridized carbons (Fsp3) is 0.296. The summed E-state index contributed by atoms with van der Waals surface area (Å²) in [7, 11) is 0. The van der Waals surface area contributed by atoms with Gasteiger partial charge >= 0.3 is 6.18 Å². The summed E-state index contributed by atoms with van der Waals surface area (Å²) < 4.78 is 43.9. The lowest BCUT2D eigenvalue weighted by Crippen LogP contribution is -2.33. The van der Waals surface area contributed by atoms with Crippen LogP contribution in [0.15, 0.2) is 72.8 Å². The predicted molar refractivity (Wildman–Crippen MR) is 132 cm³/mol. The van der Waals surface area contributed by atoms with Crippen molar-refractivity contribution >= 4 is 18.3 Å². The number of hydrogen-bond acceptors (Lipinski definition) is 3. The quantitative estimate of drug-likeness (QED) is 0.417. The molecule has 4 rings (SSSR count). The van der Waals surface area contributed by atoms with Crippen LogP contribution in [-0.2, 0) is 19.3 Å². The lowest BCUT2D eigenvalue weighted by Gasteiger charge is -2.33. The highest BCUT2D eigenvalue weighted by atomic mass is 35.5. The Morgan fingerprint density at radius 1 is 0.943 bits per heavy atom. The molecule has 0 aliphatic carbocycles. The van der Waals surface area contributed by atoms with Gasteiger partial charge in [-0.25, -0.2) is 0 Å². The van der Waals surface area contributed by atoms with Crippen molar-refractivity contribution in [1.29, 1.82) is 0 Å². The van der Waals surface area contributed by atoms with Crippen molar-refractivity contribution in [2.45, 2.75) is 38.1 Å². The van der Waals surface area contributed by atoms with Crippen LogP contribution in [0.25, 0.3) is 0 Å². The first-order valence-corrected chi connectivity index (χ1v) is 11.3. The minimum Gasteiger partial charge on any atom is -0.489 e. The zero-order valence-electron chi connectivity index (χ0n) is 19.1. The molecular formula is C27H28ClF3N2O2. The van der Waals surface area contributed by atoms with E-state index >= 15 is 0 Å². The zero-order chi connectivity index (χ0) is 24.1. The Kier molecular flexibility index (Phi) is 8.81. The summed E-state index contributed by atoms with van der Waals surface area (Å²) >= 11 is 0. The van der Waals surface area contributed by atoms with Gasteiger partial charge in [-0.2, -0.15) is 13.2 Å². The first-order chi connectivity index (χ1) is 16.3. The summed E-state index contributed by atoms with van der Waals surface area (Å²) in [6.45, 7) is 2.93. The number of benzene rings is 3. The van der Waals surface area contributed by atoms with Gasteiger partial charge in [0.1, 0.15) is 12.4 Å². The molecule has 0 spiro atoms. The van der Waals surface area contributed by atoms with E-state index < -0.39 is 17.6 Å². The van der Waals surface area contributed by atoms with Gasteiger partial charge in [-0.3, -0.25) is 9.69 Å². The lowest BCUT2D eigenvalue weighted by molar-refractivity contribution is -0.137. The maximum Gasteiger partial charge on any atom is 0.416 e. The van der Waals surface area contributed by atoms with Crippen LogP contribution in [0, 0.1) is 0 Å². The largest absolute Gasteiger partial charge is 0.489 e. The van der Waals surface area contributed by atoms with Crippen molar-refractivity contribution < 1.29 is 22.7 Å². The molecular weight excluding hydrogens is 477 g/mol. The number of nitrogens with two attached hydrogens (primary N) is 1. The molecule has 3 aromatic carbocycles. The maximum atomic E-state index is 12.7. The molecule has 3 aromatic rings. The highest BCUT2D eigenvalue weighted by Crippen LogP contribution is 2.33. The van der Waals surface area contributed by atoms with E-state index in [1.165, 1.54) is 17.7 Å². The van der Waals surface area contributed by atoms with Crippen molar-refractivity contribution in [3.05, 3.63) is 101 Å². The van der Waals surface area contributed by atoms with E-state index in [-0.39, 0.29) is 24.9 Å². The van der Waals surface area contributed by atoms with Crippen LogP contribution in [0.5, 0.6) is 5.75 Å². The summed E-state index contributed by atoms with van der Waals surface area (Å²) in [4.78, 5) is 14.5. The number of piperidine rings is 1. The van der Waals surface area contributed by atoms with Gasteiger partial charge in [-0.15, -0.1) is 12.4 Å². The van der Waals surface area contributed by atoms with Crippen LogP contribution in [-0.4, -0.2) is 23.9 Å². The minimum atomic E-state index is -4.38. The van der Waals surface area contributed by atoms with Gasteiger partial charge < -0.3 is 10.5 Å². The van der Waals surface area contributed by atoms with Crippen LogP contribution < -0.4 is 10.5 Å². The molecule has 186 valence electrons. The van der Waals surface area contributed by atoms with Crippen molar-refractivity contribution in [2.24, 2.45) is 5.73 Å². The molecule has 1 fully saturated rings. The molecule has 2 N–H and O–H groups in total. The molecule has 1 aliphatic heterocycles. The van der Waals surface area contributed by atoms with E-state index in [2.05, 4.69) is 17.0 Å². The molecule has 1 amide bonds. The first-order valence-electron chi connectivity index (χ1n) is 11.3. The summed E-state index contributed by atoms with van der Waals surface area (Å²) in [6.07, 6.45) is -2.55. The number of likely N-dealkylation sites (tertiary alicyclic amines) is 1. The Labute approximate surface area is 209 Å². The number of amides is 1. The van der Waals surface area contributed by atoms with Crippen molar-refractivity contribution in [3.8, 4) is 5.75 Å². The van der Waals surface area contributed by atoms with Gasteiger partial charge in [0.15, 0.2) is 0 Å². The molecule has 1 heterocycles. The van der Waals surface area contributed by atoms with E-state index in [0.717, 1.165) is 55.7 Å². The second kappa shape index (κ2) is 11.6. The van der Waals surface area contributed by atoms with Crippen molar-refractivity contribution in [3.63, 3.8) is 0 Å². The zero-order valence-corrected chi connectivity index (χ0v) is 19.9.